The van der Waals surface area contributed by atoms with E-state index >= 15 is 0 Å². The summed E-state index contributed by atoms with van der Waals surface area (Å²) in [4.78, 5) is 0. The van der Waals surface area contributed by atoms with Gasteiger partial charge in [0, 0.05) is 0 Å². The molecule has 0 spiro atoms. The first-order chi connectivity index (χ1) is 6.92. The molecular formula is C11H22O4. The standard InChI is InChI=1S/C11H22O4/c1-11(2,3)7-14-10-9(13)5-4-8(6-12)15-10/h8-10,12-13H,4-7H2,1-3H3/t8-,9?,10-/m0/s1. The Kier molecular flexibility index (Phi) is 4.52. The third-order valence-electron chi connectivity index (χ3n) is 2.31. The molecule has 0 amide bonds. The zero-order valence-corrected chi connectivity index (χ0v) is 9.77. The summed E-state index contributed by atoms with van der Waals surface area (Å²) in [6, 6.07) is 0. The van der Waals surface area contributed by atoms with Gasteiger partial charge in [0.15, 0.2) is 6.29 Å². The van der Waals surface area contributed by atoms with Gasteiger partial charge in [0.05, 0.1) is 19.3 Å². The molecule has 4 nitrogen and oxygen atoms in total. The van der Waals surface area contributed by atoms with Crippen molar-refractivity contribution in [3.63, 3.8) is 0 Å². The van der Waals surface area contributed by atoms with Crippen LogP contribution in [-0.4, -0.2) is 41.9 Å². The monoisotopic (exact) mass is 218 g/mol. The summed E-state index contributed by atoms with van der Waals surface area (Å²) in [6.07, 6.45) is -0.0452. The fourth-order valence-electron chi connectivity index (χ4n) is 1.46. The quantitative estimate of drug-likeness (QED) is 0.739. The third kappa shape index (κ3) is 4.47. The Morgan fingerprint density at radius 2 is 2.00 bits per heavy atom. The van der Waals surface area contributed by atoms with Crippen molar-refractivity contribution in [2.45, 2.75) is 52.1 Å². The summed E-state index contributed by atoms with van der Waals surface area (Å²) < 4.78 is 10.9. The van der Waals surface area contributed by atoms with Gasteiger partial charge in [0.2, 0.25) is 0 Å². The Morgan fingerprint density at radius 3 is 2.53 bits per heavy atom. The van der Waals surface area contributed by atoms with Crippen molar-refractivity contribution in [1.82, 2.24) is 0 Å². The van der Waals surface area contributed by atoms with Gasteiger partial charge in [-0.3, -0.25) is 0 Å². The largest absolute Gasteiger partial charge is 0.394 e. The molecule has 0 radical (unpaired) electrons. The molecule has 3 atom stereocenters. The predicted molar refractivity (Wildman–Crippen MR) is 56.4 cm³/mol. The second-order valence-electron chi connectivity index (χ2n) is 5.33. The van der Waals surface area contributed by atoms with E-state index in [0.29, 0.717) is 19.4 Å². The summed E-state index contributed by atoms with van der Waals surface area (Å²) >= 11 is 0. The molecular weight excluding hydrogens is 196 g/mol. The van der Waals surface area contributed by atoms with Crippen LogP contribution in [0.3, 0.4) is 0 Å². The molecule has 0 aromatic carbocycles. The van der Waals surface area contributed by atoms with Gasteiger partial charge in [0.1, 0.15) is 6.10 Å². The summed E-state index contributed by atoms with van der Waals surface area (Å²) in [6.45, 7) is 6.71. The van der Waals surface area contributed by atoms with E-state index in [4.69, 9.17) is 14.6 Å². The van der Waals surface area contributed by atoms with E-state index < -0.39 is 12.4 Å². The van der Waals surface area contributed by atoms with E-state index in [0.717, 1.165) is 0 Å². The molecule has 90 valence electrons. The zero-order chi connectivity index (χ0) is 11.5. The van der Waals surface area contributed by atoms with E-state index in [1.165, 1.54) is 0 Å². The lowest BCUT2D eigenvalue weighted by Gasteiger charge is -2.34. The van der Waals surface area contributed by atoms with Crippen LogP contribution in [0.1, 0.15) is 33.6 Å². The van der Waals surface area contributed by atoms with Crippen molar-refractivity contribution in [1.29, 1.82) is 0 Å². The lowest BCUT2D eigenvalue weighted by atomic mass is 9.98. The molecule has 0 aromatic heterocycles. The Morgan fingerprint density at radius 1 is 1.33 bits per heavy atom. The van der Waals surface area contributed by atoms with Gasteiger partial charge in [-0.15, -0.1) is 0 Å². The lowest BCUT2D eigenvalue weighted by Crippen LogP contribution is -2.43. The highest BCUT2D eigenvalue weighted by Gasteiger charge is 2.31. The molecule has 1 rings (SSSR count). The van der Waals surface area contributed by atoms with Gasteiger partial charge in [-0.1, -0.05) is 20.8 Å². The first-order valence-electron chi connectivity index (χ1n) is 5.48. The predicted octanol–water partition coefficient (Wildman–Crippen LogP) is 0.907. The Hall–Kier alpha value is -0.160. The number of rotatable bonds is 3. The molecule has 1 fully saturated rings. The van der Waals surface area contributed by atoms with E-state index in [1.54, 1.807) is 0 Å². The smallest absolute Gasteiger partial charge is 0.183 e. The van der Waals surface area contributed by atoms with E-state index in [-0.39, 0.29) is 18.1 Å². The molecule has 0 aromatic rings. The highest BCUT2D eigenvalue weighted by molar-refractivity contribution is 4.73. The molecule has 0 saturated carbocycles. The maximum Gasteiger partial charge on any atom is 0.183 e. The van der Waals surface area contributed by atoms with Crippen molar-refractivity contribution in [3.8, 4) is 0 Å². The first-order valence-corrected chi connectivity index (χ1v) is 5.48. The number of aliphatic hydroxyl groups excluding tert-OH is 2. The maximum atomic E-state index is 9.65. The summed E-state index contributed by atoms with van der Waals surface area (Å²) in [5.74, 6) is 0. The van der Waals surface area contributed by atoms with Crippen molar-refractivity contribution in [3.05, 3.63) is 0 Å². The highest BCUT2D eigenvalue weighted by atomic mass is 16.7. The van der Waals surface area contributed by atoms with Crippen LogP contribution in [0.4, 0.5) is 0 Å². The molecule has 1 aliphatic heterocycles. The van der Waals surface area contributed by atoms with Crippen LogP contribution in [0.5, 0.6) is 0 Å². The molecule has 1 saturated heterocycles. The molecule has 1 unspecified atom stereocenters. The molecule has 15 heavy (non-hydrogen) atoms. The SMILES string of the molecule is CC(C)(C)CO[C@H]1O[C@H](CO)CCC1O. The van der Waals surface area contributed by atoms with Gasteiger partial charge >= 0.3 is 0 Å². The second-order valence-corrected chi connectivity index (χ2v) is 5.33. The Bertz CT molecular complexity index is 188. The summed E-state index contributed by atoms with van der Waals surface area (Å²) in [5.41, 5.74) is 0.0508. The minimum absolute atomic E-state index is 0.0118. The van der Waals surface area contributed by atoms with Crippen LogP contribution in [0.25, 0.3) is 0 Å². The van der Waals surface area contributed by atoms with Crippen LogP contribution < -0.4 is 0 Å². The van der Waals surface area contributed by atoms with Crippen molar-refractivity contribution < 1.29 is 19.7 Å². The number of hydrogen-bond donors (Lipinski definition) is 2. The van der Waals surface area contributed by atoms with Gasteiger partial charge in [0.25, 0.3) is 0 Å². The summed E-state index contributed by atoms with van der Waals surface area (Å²) in [5, 5.41) is 18.6. The normalized spacial score (nSPS) is 33.0. The highest BCUT2D eigenvalue weighted by Crippen LogP contribution is 2.23. The minimum Gasteiger partial charge on any atom is -0.394 e. The van der Waals surface area contributed by atoms with Gasteiger partial charge in [-0.25, -0.2) is 0 Å². The van der Waals surface area contributed by atoms with Gasteiger partial charge < -0.3 is 19.7 Å². The van der Waals surface area contributed by atoms with Crippen LogP contribution in [0.15, 0.2) is 0 Å². The van der Waals surface area contributed by atoms with Crippen LogP contribution in [-0.2, 0) is 9.47 Å². The van der Waals surface area contributed by atoms with Crippen molar-refractivity contribution in [2.75, 3.05) is 13.2 Å². The van der Waals surface area contributed by atoms with Crippen molar-refractivity contribution >= 4 is 0 Å². The fourth-order valence-corrected chi connectivity index (χ4v) is 1.46. The van der Waals surface area contributed by atoms with E-state index in [2.05, 4.69) is 20.8 Å². The topological polar surface area (TPSA) is 58.9 Å². The number of hydrogen-bond acceptors (Lipinski definition) is 4. The molecule has 1 heterocycles. The fraction of sp³-hybridized carbons (Fsp3) is 1.00. The third-order valence-corrected chi connectivity index (χ3v) is 2.31. The lowest BCUT2D eigenvalue weighted by molar-refractivity contribution is -0.251. The Labute approximate surface area is 91.2 Å². The number of ether oxygens (including phenoxy) is 2. The average Bonchev–Trinajstić information content (AvgIpc) is 2.15. The van der Waals surface area contributed by atoms with Crippen LogP contribution >= 0.6 is 0 Å². The van der Waals surface area contributed by atoms with Gasteiger partial charge in [-0.2, -0.15) is 0 Å². The maximum absolute atomic E-state index is 9.65. The Balaban J connectivity index is 2.38. The first kappa shape index (κ1) is 12.9. The van der Waals surface area contributed by atoms with E-state index in [9.17, 15) is 5.11 Å². The molecule has 1 aliphatic rings. The number of aliphatic hydroxyl groups is 2. The van der Waals surface area contributed by atoms with E-state index in [1.807, 2.05) is 0 Å². The van der Waals surface area contributed by atoms with Crippen LogP contribution in [0.2, 0.25) is 0 Å². The zero-order valence-electron chi connectivity index (χ0n) is 9.77. The molecule has 4 heteroatoms. The van der Waals surface area contributed by atoms with Crippen molar-refractivity contribution in [2.24, 2.45) is 5.41 Å². The molecule has 0 bridgehead atoms. The minimum atomic E-state index is -0.588. The van der Waals surface area contributed by atoms with Crippen LogP contribution in [0, 0.1) is 5.41 Å². The molecule has 0 aliphatic carbocycles. The second kappa shape index (κ2) is 5.25. The average molecular weight is 218 g/mol. The molecule has 2 N–H and O–H groups in total. The summed E-state index contributed by atoms with van der Waals surface area (Å²) in [7, 11) is 0. The van der Waals surface area contributed by atoms with Gasteiger partial charge in [-0.05, 0) is 18.3 Å².